The lowest BCUT2D eigenvalue weighted by Crippen LogP contribution is -2.03. The Balaban J connectivity index is 2.31. The number of carbonyl (C=O) groups excluding carboxylic acids is 1. The van der Waals surface area contributed by atoms with Crippen molar-refractivity contribution in [3.8, 4) is 16.9 Å². The number of carbonyl (C=O) groups is 1. The zero-order valence-corrected chi connectivity index (χ0v) is 13.0. The maximum Gasteiger partial charge on any atom is 0.172 e. The molecule has 0 fully saturated rings. The number of rotatable bonds is 3. The van der Waals surface area contributed by atoms with Crippen LogP contribution in [0.3, 0.4) is 0 Å². The molecule has 1 heterocycles. The number of aldehydes is 1. The largest absolute Gasteiger partial charge is 0.296 e. The third kappa shape index (κ3) is 2.31. The predicted molar refractivity (Wildman–Crippen MR) is 86.7 cm³/mol. The van der Waals surface area contributed by atoms with Crippen molar-refractivity contribution in [3.63, 3.8) is 0 Å². The van der Waals surface area contributed by atoms with E-state index in [-0.39, 0.29) is 5.69 Å². The zero-order valence-electron chi connectivity index (χ0n) is 12.2. The van der Waals surface area contributed by atoms with Crippen molar-refractivity contribution in [2.45, 2.75) is 13.8 Å². The lowest BCUT2D eigenvalue weighted by atomic mass is 10.1. The normalized spacial score (nSPS) is 10.7. The summed E-state index contributed by atoms with van der Waals surface area (Å²) in [6.45, 7) is 4.05. The minimum atomic E-state index is 0.272. The highest BCUT2D eigenvalue weighted by atomic mass is 35.5. The van der Waals surface area contributed by atoms with E-state index < -0.39 is 0 Å². The smallest absolute Gasteiger partial charge is 0.172 e. The van der Waals surface area contributed by atoms with Gasteiger partial charge in [-0.05, 0) is 37.1 Å². The summed E-state index contributed by atoms with van der Waals surface area (Å²) in [5.74, 6) is 0. The first-order chi connectivity index (χ1) is 10.6. The minimum absolute atomic E-state index is 0.272. The molecule has 0 aliphatic rings. The van der Waals surface area contributed by atoms with Crippen LogP contribution in [0.25, 0.3) is 16.9 Å². The van der Waals surface area contributed by atoms with Crippen molar-refractivity contribution in [2.75, 3.05) is 0 Å². The second-order valence-electron chi connectivity index (χ2n) is 5.05. The van der Waals surface area contributed by atoms with Crippen LogP contribution in [0.15, 0.2) is 42.5 Å². The predicted octanol–water partition coefficient (Wildman–Crippen LogP) is 4.02. The van der Waals surface area contributed by atoms with E-state index in [0.29, 0.717) is 17.0 Å². The number of benzene rings is 2. The fourth-order valence-corrected chi connectivity index (χ4v) is 2.64. The van der Waals surface area contributed by atoms with Crippen LogP contribution in [0.4, 0.5) is 0 Å². The Morgan fingerprint density at radius 3 is 2.59 bits per heavy atom. The van der Waals surface area contributed by atoms with Crippen LogP contribution in [0.2, 0.25) is 5.02 Å². The van der Waals surface area contributed by atoms with E-state index in [4.69, 9.17) is 11.6 Å². The summed E-state index contributed by atoms with van der Waals surface area (Å²) in [5, 5.41) is 8.69. The molecular weight excluding hydrogens is 298 g/mol. The van der Waals surface area contributed by atoms with Gasteiger partial charge in [-0.1, -0.05) is 47.1 Å². The maximum atomic E-state index is 11.3. The molecule has 1 aromatic heterocycles. The van der Waals surface area contributed by atoms with Gasteiger partial charge in [0, 0.05) is 5.56 Å². The van der Waals surface area contributed by atoms with Crippen LogP contribution in [0.5, 0.6) is 0 Å². The Kier molecular flexibility index (Phi) is 3.77. The minimum Gasteiger partial charge on any atom is -0.296 e. The monoisotopic (exact) mass is 311 g/mol. The molecule has 3 aromatic rings. The Morgan fingerprint density at radius 2 is 1.86 bits per heavy atom. The summed E-state index contributed by atoms with van der Waals surface area (Å²) >= 11 is 6.29. The quantitative estimate of drug-likeness (QED) is 0.686. The molecule has 2 aromatic carbocycles. The van der Waals surface area contributed by atoms with Gasteiger partial charge in [0.1, 0.15) is 5.69 Å². The maximum absolute atomic E-state index is 11.3. The first-order valence-electron chi connectivity index (χ1n) is 6.86. The standard InChI is InChI=1S/C17H14ClN3O/c1-11-6-5-9-16(12(11)2)21-17(15(10-22)19-20-21)13-7-3-4-8-14(13)18/h3-10H,1-2H3. The molecule has 0 aliphatic heterocycles. The molecule has 22 heavy (non-hydrogen) atoms. The van der Waals surface area contributed by atoms with Crippen molar-refractivity contribution in [1.82, 2.24) is 15.0 Å². The molecule has 0 saturated carbocycles. The Labute approximate surface area is 133 Å². The molecule has 0 radical (unpaired) electrons. The van der Waals surface area contributed by atoms with E-state index in [2.05, 4.69) is 10.3 Å². The molecule has 4 nitrogen and oxygen atoms in total. The molecule has 0 spiro atoms. The van der Waals surface area contributed by atoms with Gasteiger partial charge in [-0.25, -0.2) is 4.68 Å². The van der Waals surface area contributed by atoms with E-state index in [1.165, 1.54) is 0 Å². The molecule has 0 aliphatic carbocycles. The van der Waals surface area contributed by atoms with Crippen LogP contribution in [0, 0.1) is 13.8 Å². The first kappa shape index (κ1) is 14.5. The lowest BCUT2D eigenvalue weighted by molar-refractivity contribution is 0.111. The molecule has 0 atom stereocenters. The van der Waals surface area contributed by atoms with Crippen LogP contribution in [-0.2, 0) is 0 Å². The van der Waals surface area contributed by atoms with Crippen molar-refractivity contribution in [3.05, 3.63) is 64.3 Å². The van der Waals surface area contributed by atoms with Crippen molar-refractivity contribution in [2.24, 2.45) is 0 Å². The van der Waals surface area contributed by atoms with Crippen molar-refractivity contribution >= 4 is 17.9 Å². The number of nitrogens with zero attached hydrogens (tertiary/aromatic N) is 3. The van der Waals surface area contributed by atoms with Crippen molar-refractivity contribution in [1.29, 1.82) is 0 Å². The second-order valence-corrected chi connectivity index (χ2v) is 5.46. The van der Waals surface area contributed by atoms with E-state index in [0.717, 1.165) is 22.4 Å². The third-order valence-corrected chi connectivity index (χ3v) is 4.07. The van der Waals surface area contributed by atoms with Gasteiger partial charge in [-0.2, -0.15) is 0 Å². The number of aromatic nitrogens is 3. The van der Waals surface area contributed by atoms with Gasteiger partial charge in [0.05, 0.1) is 10.7 Å². The SMILES string of the molecule is Cc1cccc(-n2nnc(C=O)c2-c2ccccc2Cl)c1C. The van der Waals surface area contributed by atoms with Crippen LogP contribution >= 0.6 is 11.6 Å². The molecule has 0 bridgehead atoms. The average Bonchev–Trinajstić information content (AvgIpc) is 2.94. The van der Waals surface area contributed by atoms with E-state index >= 15 is 0 Å². The Hall–Kier alpha value is -2.46. The highest BCUT2D eigenvalue weighted by Gasteiger charge is 2.19. The topological polar surface area (TPSA) is 47.8 Å². The van der Waals surface area contributed by atoms with Crippen molar-refractivity contribution < 1.29 is 4.79 Å². The fourth-order valence-electron chi connectivity index (χ4n) is 2.41. The van der Waals surface area contributed by atoms with Gasteiger partial charge in [-0.15, -0.1) is 5.10 Å². The van der Waals surface area contributed by atoms with Gasteiger partial charge >= 0.3 is 0 Å². The van der Waals surface area contributed by atoms with Gasteiger partial charge in [-0.3, -0.25) is 4.79 Å². The Bertz CT molecular complexity index is 855. The highest BCUT2D eigenvalue weighted by molar-refractivity contribution is 6.33. The average molecular weight is 312 g/mol. The van der Waals surface area contributed by atoms with Gasteiger partial charge in [0.2, 0.25) is 0 Å². The molecular formula is C17H14ClN3O. The summed E-state index contributed by atoms with van der Waals surface area (Å²) in [4.78, 5) is 11.3. The third-order valence-electron chi connectivity index (χ3n) is 3.74. The first-order valence-corrected chi connectivity index (χ1v) is 7.23. The van der Waals surface area contributed by atoms with Crippen LogP contribution in [0.1, 0.15) is 21.6 Å². The molecule has 3 rings (SSSR count). The number of aryl methyl sites for hydroxylation is 1. The van der Waals surface area contributed by atoms with Crippen LogP contribution < -0.4 is 0 Å². The van der Waals surface area contributed by atoms with Gasteiger partial charge in [0.25, 0.3) is 0 Å². The van der Waals surface area contributed by atoms with E-state index in [1.807, 2.05) is 50.2 Å². The zero-order chi connectivity index (χ0) is 15.7. The number of hydrogen-bond donors (Lipinski definition) is 0. The molecule has 5 heteroatoms. The molecule has 0 amide bonds. The summed E-state index contributed by atoms with van der Waals surface area (Å²) in [7, 11) is 0. The van der Waals surface area contributed by atoms with Crippen LogP contribution in [-0.4, -0.2) is 21.3 Å². The number of halogens is 1. The Morgan fingerprint density at radius 1 is 1.09 bits per heavy atom. The lowest BCUT2D eigenvalue weighted by Gasteiger charge is -2.12. The van der Waals surface area contributed by atoms with Gasteiger partial charge in [0.15, 0.2) is 12.0 Å². The molecule has 0 saturated heterocycles. The highest BCUT2D eigenvalue weighted by Crippen LogP contribution is 2.31. The summed E-state index contributed by atoms with van der Waals surface area (Å²) in [6.07, 6.45) is 0.702. The molecule has 0 N–H and O–H groups in total. The summed E-state index contributed by atoms with van der Waals surface area (Å²) in [5.41, 5.74) is 4.72. The van der Waals surface area contributed by atoms with E-state index in [9.17, 15) is 4.79 Å². The summed E-state index contributed by atoms with van der Waals surface area (Å²) < 4.78 is 1.67. The molecule has 110 valence electrons. The number of hydrogen-bond acceptors (Lipinski definition) is 3. The molecule has 0 unspecified atom stereocenters. The fraction of sp³-hybridized carbons (Fsp3) is 0.118. The summed E-state index contributed by atoms with van der Waals surface area (Å²) in [6, 6.07) is 13.3. The van der Waals surface area contributed by atoms with E-state index in [1.54, 1.807) is 10.7 Å². The van der Waals surface area contributed by atoms with Gasteiger partial charge < -0.3 is 0 Å². The second kappa shape index (κ2) is 5.73.